The lowest BCUT2D eigenvalue weighted by Crippen LogP contribution is -2.17. The minimum atomic E-state index is 0.0422. The van der Waals surface area contributed by atoms with Crippen molar-refractivity contribution in [1.29, 1.82) is 0 Å². The van der Waals surface area contributed by atoms with E-state index in [1.165, 1.54) is 0 Å². The summed E-state index contributed by atoms with van der Waals surface area (Å²) in [6.45, 7) is 10.3. The molecule has 0 N–H and O–H groups in total. The highest BCUT2D eigenvalue weighted by molar-refractivity contribution is 5.82. The fourth-order valence-corrected chi connectivity index (χ4v) is 1.80. The van der Waals surface area contributed by atoms with Gasteiger partial charge in [0.25, 0.3) is 0 Å². The van der Waals surface area contributed by atoms with Gasteiger partial charge in [-0.15, -0.1) is 0 Å². The highest BCUT2D eigenvalue weighted by Crippen LogP contribution is 2.22. The molecule has 1 aliphatic rings. The third kappa shape index (κ3) is 3.80. The van der Waals surface area contributed by atoms with Crippen LogP contribution in [0.4, 0.5) is 0 Å². The molecule has 0 aromatic rings. The molecule has 1 rings (SSSR count). The summed E-state index contributed by atoms with van der Waals surface area (Å²) in [6, 6.07) is 0. The quantitative estimate of drug-likeness (QED) is 0.609. The van der Waals surface area contributed by atoms with E-state index in [1.807, 2.05) is 19.1 Å². The van der Waals surface area contributed by atoms with Gasteiger partial charge in [-0.2, -0.15) is 0 Å². The number of hydrogen-bond acceptors (Lipinski definition) is 1. The largest absolute Gasteiger partial charge is 0.299 e. The number of carbonyl (C=O) groups excluding carboxylic acids is 1. The summed E-state index contributed by atoms with van der Waals surface area (Å²) in [5.41, 5.74) is 1.11. The Morgan fingerprint density at radius 2 is 2.06 bits per heavy atom. The van der Waals surface area contributed by atoms with Crippen molar-refractivity contribution in [1.82, 2.24) is 0 Å². The summed E-state index contributed by atoms with van der Waals surface area (Å²) < 4.78 is 0. The number of hydrogen-bond donors (Lipinski definition) is 0. The van der Waals surface area contributed by atoms with E-state index in [-0.39, 0.29) is 5.92 Å². The Morgan fingerprint density at radius 3 is 2.69 bits per heavy atom. The van der Waals surface area contributed by atoms with Gasteiger partial charge in [-0.1, -0.05) is 57.2 Å². The van der Waals surface area contributed by atoms with Crippen LogP contribution in [-0.2, 0) is 4.79 Å². The second-order valence-electron chi connectivity index (χ2n) is 5.02. The summed E-state index contributed by atoms with van der Waals surface area (Å²) in [6.07, 6.45) is 9.76. The van der Waals surface area contributed by atoms with Gasteiger partial charge in [0, 0.05) is 12.3 Å². The summed E-state index contributed by atoms with van der Waals surface area (Å²) in [5.74, 6) is 1.23. The first-order chi connectivity index (χ1) is 7.50. The zero-order valence-electron chi connectivity index (χ0n) is 10.6. The Kier molecular flexibility index (Phi) is 4.72. The molecule has 0 unspecified atom stereocenters. The molecule has 0 aliphatic heterocycles. The van der Waals surface area contributed by atoms with Crippen LogP contribution < -0.4 is 0 Å². The first kappa shape index (κ1) is 13.0. The Bertz CT molecular complexity index is 320. The Balaban J connectivity index is 2.86. The van der Waals surface area contributed by atoms with Crippen molar-refractivity contribution in [3.63, 3.8) is 0 Å². The fourth-order valence-electron chi connectivity index (χ4n) is 1.80. The second kappa shape index (κ2) is 5.83. The molecule has 0 saturated heterocycles. The average Bonchev–Trinajstić information content (AvgIpc) is 2.22. The van der Waals surface area contributed by atoms with Crippen LogP contribution in [0.25, 0.3) is 0 Å². The predicted octanol–water partition coefficient (Wildman–Crippen LogP) is 3.93. The van der Waals surface area contributed by atoms with Crippen molar-refractivity contribution in [2.45, 2.75) is 33.6 Å². The van der Waals surface area contributed by atoms with Gasteiger partial charge in [0.05, 0.1) is 0 Å². The van der Waals surface area contributed by atoms with Gasteiger partial charge >= 0.3 is 0 Å². The van der Waals surface area contributed by atoms with Crippen molar-refractivity contribution in [2.75, 3.05) is 0 Å². The van der Waals surface area contributed by atoms with E-state index in [1.54, 1.807) is 0 Å². The molecule has 0 aromatic heterocycles. The van der Waals surface area contributed by atoms with Gasteiger partial charge in [-0.3, -0.25) is 4.79 Å². The van der Waals surface area contributed by atoms with E-state index in [4.69, 9.17) is 0 Å². The standard InChI is InChI=1S/C15H22O/c1-11(2)14-9-8-12(3)6-5-7-13(4)15(16)10-14/h5,7-9,11,13-14H,3,6,10H2,1-2,4H3/b7-5-,9-8+/t13-,14-/m0/s1. The smallest absolute Gasteiger partial charge is 0.140 e. The second-order valence-corrected chi connectivity index (χ2v) is 5.02. The molecule has 1 heteroatoms. The van der Waals surface area contributed by atoms with Crippen molar-refractivity contribution in [3.05, 3.63) is 36.5 Å². The first-order valence-electron chi connectivity index (χ1n) is 6.06. The molecule has 0 amide bonds. The maximum Gasteiger partial charge on any atom is 0.140 e. The molecule has 0 radical (unpaired) electrons. The summed E-state index contributed by atoms with van der Waals surface area (Å²) >= 11 is 0. The van der Waals surface area contributed by atoms with Gasteiger partial charge in [0.1, 0.15) is 5.78 Å². The Hall–Kier alpha value is -1.11. The lowest BCUT2D eigenvalue weighted by atomic mass is 9.86. The normalized spacial score (nSPS) is 31.5. The van der Waals surface area contributed by atoms with E-state index < -0.39 is 0 Å². The van der Waals surface area contributed by atoms with E-state index in [9.17, 15) is 4.79 Å². The van der Waals surface area contributed by atoms with E-state index in [0.29, 0.717) is 24.0 Å². The third-order valence-electron chi connectivity index (χ3n) is 3.18. The lowest BCUT2D eigenvalue weighted by molar-refractivity contribution is -0.122. The maximum atomic E-state index is 11.9. The van der Waals surface area contributed by atoms with Crippen LogP contribution in [0.3, 0.4) is 0 Å². The molecular weight excluding hydrogens is 196 g/mol. The monoisotopic (exact) mass is 218 g/mol. The van der Waals surface area contributed by atoms with Crippen LogP contribution in [0.5, 0.6) is 0 Å². The van der Waals surface area contributed by atoms with Gasteiger partial charge in [-0.25, -0.2) is 0 Å². The van der Waals surface area contributed by atoms with Crippen LogP contribution in [0.1, 0.15) is 33.6 Å². The number of allylic oxidation sites excluding steroid dienone is 5. The fraction of sp³-hybridized carbons (Fsp3) is 0.533. The van der Waals surface area contributed by atoms with Crippen LogP contribution in [0.2, 0.25) is 0 Å². The highest BCUT2D eigenvalue weighted by atomic mass is 16.1. The van der Waals surface area contributed by atoms with Crippen molar-refractivity contribution in [2.24, 2.45) is 17.8 Å². The SMILES string of the molecule is C=C1/C=C/[C@H](C(C)C)CC(=O)[C@@H](C)/C=C\C1. The van der Waals surface area contributed by atoms with Crippen LogP contribution >= 0.6 is 0 Å². The molecular formula is C15H22O. The molecule has 0 saturated carbocycles. The number of carbonyl (C=O) groups is 1. The van der Waals surface area contributed by atoms with Gasteiger partial charge in [0.15, 0.2) is 0 Å². The Labute approximate surface area is 98.9 Å². The lowest BCUT2D eigenvalue weighted by Gasteiger charge is -2.18. The topological polar surface area (TPSA) is 17.1 Å². The number of ketones is 1. The molecule has 0 heterocycles. The van der Waals surface area contributed by atoms with Gasteiger partial charge in [0.2, 0.25) is 0 Å². The molecule has 1 aliphatic carbocycles. The Morgan fingerprint density at radius 1 is 1.38 bits per heavy atom. The molecule has 0 fully saturated rings. The number of Topliss-reactive ketones (excluding diaryl/α,β-unsaturated/α-hetero) is 1. The van der Waals surface area contributed by atoms with Gasteiger partial charge in [-0.05, 0) is 18.3 Å². The molecule has 0 bridgehead atoms. The van der Waals surface area contributed by atoms with E-state index >= 15 is 0 Å². The van der Waals surface area contributed by atoms with Crippen molar-refractivity contribution >= 4 is 5.78 Å². The zero-order chi connectivity index (χ0) is 12.1. The van der Waals surface area contributed by atoms with Crippen LogP contribution in [0.15, 0.2) is 36.5 Å². The molecule has 0 aromatic carbocycles. The van der Waals surface area contributed by atoms with E-state index in [0.717, 1.165) is 12.0 Å². The summed E-state index contributed by atoms with van der Waals surface area (Å²) in [4.78, 5) is 11.9. The molecule has 1 nitrogen and oxygen atoms in total. The third-order valence-corrected chi connectivity index (χ3v) is 3.18. The average molecular weight is 218 g/mol. The van der Waals surface area contributed by atoms with Crippen molar-refractivity contribution in [3.8, 4) is 0 Å². The first-order valence-corrected chi connectivity index (χ1v) is 6.06. The zero-order valence-corrected chi connectivity index (χ0v) is 10.6. The highest BCUT2D eigenvalue weighted by Gasteiger charge is 2.18. The van der Waals surface area contributed by atoms with E-state index in [2.05, 4.69) is 32.6 Å². The van der Waals surface area contributed by atoms with Crippen LogP contribution in [-0.4, -0.2) is 5.78 Å². The summed E-state index contributed by atoms with van der Waals surface area (Å²) in [7, 11) is 0. The number of rotatable bonds is 1. The minimum Gasteiger partial charge on any atom is -0.299 e. The molecule has 16 heavy (non-hydrogen) atoms. The molecule has 88 valence electrons. The van der Waals surface area contributed by atoms with Crippen molar-refractivity contribution < 1.29 is 4.79 Å². The maximum absolute atomic E-state index is 11.9. The molecule has 2 atom stereocenters. The minimum absolute atomic E-state index is 0.0422. The summed E-state index contributed by atoms with van der Waals surface area (Å²) in [5, 5.41) is 0. The molecule has 0 spiro atoms. The van der Waals surface area contributed by atoms with Gasteiger partial charge < -0.3 is 0 Å². The predicted molar refractivity (Wildman–Crippen MR) is 69.2 cm³/mol. The van der Waals surface area contributed by atoms with Crippen LogP contribution in [0, 0.1) is 17.8 Å².